The van der Waals surface area contributed by atoms with Crippen molar-refractivity contribution < 1.29 is 27.4 Å². The summed E-state index contributed by atoms with van der Waals surface area (Å²) in [5.41, 5.74) is 1.32. The van der Waals surface area contributed by atoms with E-state index in [-0.39, 0.29) is 24.4 Å². The topological polar surface area (TPSA) is 86.2 Å². The van der Waals surface area contributed by atoms with E-state index in [1.54, 1.807) is 0 Å². The van der Waals surface area contributed by atoms with Crippen molar-refractivity contribution in [2.75, 3.05) is 13.7 Å². The van der Waals surface area contributed by atoms with E-state index in [0.717, 1.165) is 0 Å². The van der Waals surface area contributed by atoms with Gasteiger partial charge in [0.05, 0.1) is 31.4 Å². The number of rotatable bonds is 8. The van der Waals surface area contributed by atoms with Crippen LogP contribution in [0.5, 0.6) is 11.5 Å². The molecule has 7 nitrogen and oxygen atoms in total. The number of alkyl halides is 2. The number of amides is 1. The summed E-state index contributed by atoms with van der Waals surface area (Å²) in [4.78, 5) is 24.2. The highest BCUT2D eigenvalue weighted by atomic mass is 19.3. The molecule has 0 saturated heterocycles. The summed E-state index contributed by atoms with van der Waals surface area (Å²) in [5, 5.41) is 2.64. The number of hydrogen-bond donors (Lipinski definition) is 1. The molecule has 1 aromatic carbocycles. The lowest BCUT2D eigenvalue weighted by Gasteiger charge is -2.08. The first-order valence-electron chi connectivity index (χ1n) is 8.80. The fourth-order valence-corrected chi connectivity index (χ4v) is 2.58. The van der Waals surface area contributed by atoms with Crippen LogP contribution < -0.4 is 14.8 Å². The van der Waals surface area contributed by atoms with E-state index < -0.39 is 18.5 Å². The van der Waals surface area contributed by atoms with Gasteiger partial charge in [-0.3, -0.25) is 9.78 Å². The molecule has 2 heterocycles. The molecular weight excluding hydrogens is 401 g/mol. The number of carbonyl (C=O) groups is 1. The van der Waals surface area contributed by atoms with Crippen molar-refractivity contribution in [3.63, 3.8) is 0 Å². The maximum Gasteiger partial charge on any atom is 0.387 e. The van der Waals surface area contributed by atoms with Gasteiger partial charge in [-0.1, -0.05) is 0 Å². The molecular formula is C20H17F3N4O3. The number of nitrogens with zero attached hydrogens (tertiary/aromatic N) is 3. The monoisotopic (exact) mass is 418 g/mol. The number of ether oxygens (including phenoxy) is 2. The second-order valence-corrected chi connectivity index (χ2v) is 6.02. The van der Waals surface area contributed by atoms with Crippen LogP contribution >= 0.6 is 0 Å². The molecule has 30 heavy (non-hydrogen) atoms. The van der Waals surface area contributed by atoms with Gasteiger partial charge in [-0.2, -0.15) is 13.2 Å². The van der Waals surface area contributed by atoms with Crippen molar-refractivity contribution >= 4 is 5.91 Å². The molecule has 1 N–H and O–H groups in total. The number of hydrogen-bond acceptors (Lipinski definition) is 6. The van der Waals surface area contributed by atoms with Gasteiger partial charge in [0, 0.05) is 17.7 Å². The van der Waals surface area contributed by atoms with Gasteiger partial charge in [-0.25, -0.2) is 9.97 Å². The Morgan fingerprint density at radius 1 is 1.13 bits per heavy atom. The summed E-state index contributed by atoms with van der Waals surface area (Å²) in [6.07, 6.45) is 4.21. The van der Waals surface area contributed by atoms with E-state index in [9.17, 15) is 18.0 Å². The zero-order valence-electron chi connectivity index (χ0n) is 15.8. The number of benzene rings is 1. The first-order valence-corrected chi connectivity index (χ1v) is 8.80. The Balaban J connectivity index is 1.63. The smallest absolute Gasteiger partial charge is 0.387 e. The highest BCUT2D eigenvalue weighted by Gasteiger charge is 2.12. The summed E-state index contributed by atoms with van der Waals surface area (Å²) in [5.74, 6) is -0.694. The maximum absolute atomic E-state index is 13.7. The molecule has 0 spiro atoms. The van der Waals surface area contributed by atoms with Gasteiger partial charge in [0.2, 0.25) is 5.95 Å². The van der Waals surface area contributed by atoms with E-state index in [1.165, 1.54) is 56.0 Å². The normalized spacial score (nSPS) is 10.7. The molecule has 3 rings (SSSR count). The fraction of sp³-hybridized carbons (Fsp3) is 0.200. The molecule has 3 aromatic rings. The van der Waals surface area contributed by atoms with E-state index in [0.29, 0.717) is 22.6 Å². The molecule has 0 atom stereocenters. The van der Waals surface area contributed by atoms with Crippen LogP contribution in [0.2, 0.25) is 0 Å². The van der Waals surface area contributed by atoms with Crippen LogP contribution in [0.1, 0.15) is 16.1 Å². The minimum Gasteiger partial charge on any atom is -0.495 e. The Morgan fingerprint density at radius 3 is 2.60 bits per heavy atom. The molecule has 156 valence electrons. The van der Waals surface area contributed by atoms with Crippen molar-refractivity contribution in [2.45, 2.75) is 13.0 Å². The van der Waals surface area contributed by atoms with Crippen molar-refractivity contribution in [1.29, 1.82) is 0 Å². The molecule has 0 bridgehead atoms. The van der Waals surface area contributed by atoms with Crippen LogP contribution in [-0.2, 0) is 6.42 Å². The number of methoxy groups -OCH3 is 1. The predicted molar refractivity (Wildman–Crippen MR) is 101 cm³/mol. The van der Waals surface area contributed by atoms with Crippen molar-refractivity contribution in [3.05, 3.63) is 66.1 Å². The van der Waals surface area contributed by atoms with E-state index >= 15 is 0 Å². The largest absolute Gasteiger partial charge is 0.495 e. The zero-order valence-corrected chi connectivity index (χ0v) is 15.8. The molecule has 0 unspecified atom stereocenters. The highest BCUT2D eigenvalue weighted by Crippen LogP contribution is 2.21. The summed E-state index contributed by atoms with van der Waals surface area (Å²) in [6.45, 7) is -2.76. The molecule has 0 saturated carbocycles. The zero-order chi connectivity index (χ0) is 21.5. The van der Waals surface area contributed by atoms with E-state index in [4.69, 9.17) is 4.74 Å². The van der Waals surface area contributed by atoms with Crippen LogP contribution in [0.15, 0.2) is 48.9 Å². The van der Waals surface area contributed by atoms with E-state index in [2.05, 4.69) is 25.0 Å². The predicted octanol–water partition coefficient (Wildman–Crippen LogP) is 3.26. The van der Waals surface area contributed by atoms with Crippen LogP contribution in [0.4, 0.5) is 13.2 Å². The maximum atomic E-state index is 13.7. The van der Waals surface area contributed by atoms with Crippen LogP contribution in [0.25, 0.3) is 11.3 Å². The molecule has 10 heteroatoms. The second kappa shape index (κ2) is 9.68. The summed E-state index contributed by atoms with van der Waals surface area (Å²) in [6, 6.07) is 7.31. The van der Waals surface area contributed by atoms with Crippen molar-refractivity contribution in [1.82, 2.24) is 20.3 Å². The first kappa shape index (κ1) is 21.0. The Hall–Kier alpha value is -3.69. The summed E-state index contributed by atoms with van der Waals surface area (Å²) < 4.78 is 47.5. The lowest BCUT2D eigenvalue weighted by Crippen LogP contribution is -2.27. The van der Waals surface area contributed by atoms with Gasteiger partial charge < -0.3 is 14.8 Å². The Labute approximate surface area is 169 Å². The van der Waals surface area contributed by atoms with E-state index in [1.807, 2.05) is 0 Å². The van der Waals surface area contributed by atoms with Crippen LogP contribution in [0, 0.1) is 5.95 Å². The van der Waals surface area contributed by atoms with Gasteiger partial charge in [-0.15, -0.1) is 0 Å². The molecule has 0 aliphatic rings. The first-order chi connectivity index (χ1) is 14.5. The SMILES string of the molecule is COc1cnc(F)c(CCNC(=O)c2cncc(-c3ccc(OC(F)F)cc3)n2)c1. The molecule has 0 aliphatic heterocycles. The third-order valence-corrected chi connectivity index (χ3v) is 4.04. The average Bonchev–Trinajstić information content (AvgIpc) is 2.75. The number of nitrogens with one attached hydrogen (secondary N) is 1. The highest BCUT2D eigenvalue weighted by molar-refractivity contribution is 5.92. The quantitative estimate of drug-likeness (QED) is 0.565. The fourth-order valence-electron chi connectivity index (χ4n) is 2.58. The Morgan fingerprint density at radius 2 is 1.90 bits per heavy atom. The van der Waals surface area contributed by atoms with Gasteiger partial charge in [0.1, 0.15) is 17.2 Å². The second-order valence-electron chi connectivity index (χ2n) is 6.02. The Bertz CT molecular complexity index is 1020. The van der Waals surface area contributed by atoms with Gasteiger partial charge >= 0.3 is 6.61 Å². The molecule has 0 radical (unpaired) electrons. The molecule has 2 aromatic heterocycles. The lowest BCUT2D eigenvalue weighted by atomic mass is 10.1. The minimum absolute atomic E-state index is 0.00914. The summed E-state index contributed by atoms with van der Waals surface area (Å²) >= 11 is 0. The summed E-state index contributed by atoms with van der Waals surface area (Å²) in [7, 11) is 1.45. The minimum atomic E-state index is -2.91. The molecule has 0 aliphatic carbocycles. The standard InChI is InChI=1S/C20H17F3N4O3/c1-29-15-8-13(18(21)26-9-15)6-7-25-19(28)17-11-24-10-16(27-17)12-2-4-14(5-3-12)30-20(22)23/h2-5,8-11,20H,6-7H2,1H3,(H,25,28). The van der Waals surface area contributed by atoms with Crippen LogP contribution in [0.3, 0.4) is 0 Å². The van der Waals surface area contributed by atoms with Gasteiger partial charge in [0.15, 0.2) is 0 Å². The third kappa shape index (κ3) is 5.43. The van der Waals surface area contributed by atoms with Gasteiger partial charge in [0.25, 0.3) is 5.91 Å². The number of pyridine rings is 1. The van der Waals surface area contributed by atoms with Gasteiger partial charge in [-0.05, 0) is 36.8 Å². The average molecular weight is 418 g/mol. The van der Waals surface area contributed by atoms with Crippen LogP contribution in [-0.4, -0.2) is 41.1 Å². The Kier molecular flexibility index (Phi) is 6.79. The number of aromatic nitrogens is 3. The third-order valence-electron chi connectivity index (χ3n) is 4.04. The molecule has 0 fully saturated rings. The lowest BCUT2D eigenvalue weighted by molar-refractivity contribution is -0.0498. The number of carbonyl (C=O) groups excluding carboxylic acids is 1. The number of halogens is 3. The van der Waals surface area contributed by atoms with Crippen molar-refractivity contribution in [3.8, 4) is 22.8 Å². The molecule has 1 amide bonds. The van der Waals surface area contributed by atoms with Crippen molar-refractivity contribution in [2.24, 2.45) is 0 Å².